The first-order chi connectivity index (χ1) is 28.1. The Morgan fingerprint density at radius 2 is 1.31 bits per heavy atom. The van der Waals surface area contributed by atoms with E-state index in [0.29, 0.717) is 39.1 Å². The minimum absolute atomic E-state index is 0.0307. The molecule has 0 saturated carbocycles. The lowest BCUT2D eigenvalue weighted by Crippen LogP contribution is -2.60. The van der Waals surface area contributed by atoms with Gasteiger partial charge in [0.25, 0.3) is 0 Å². The van der Waals surface area contributed by atoms with Crippen LogP contribution < -0.4 is 21.3 Å². The van der Waals surface area contributed by atoms with Crippen LogP contribution in [0.3, 0.4) is 0 Å². The van der Waals surface area contributed by atoms with E-state index in [1.54, 1.807) is 0 Å². The van der Waals surface area contributed by atoms with E-state index in [4.69, 9.17) is 15.9 Å². The van der Waals surface area contributed by atoms with Crippen molar-refractivity contribution in [1.82, 2.24) is 26.2 Å². The van der Waals surface area contributed by atoms with Gasteiger partial charge < -0.3 is 30.7 Å². The number of esters is 1. The predicted molar refractivity (Wildman–Crippen MR) is 235 cm³/mol. The van der Waals surface area contributed by atoms with E-state index in [1.807, 2.05) is 116 Å². The van der Waals surface area contributed by atoms with Crippen molar-refractivity contribution in [2.45, 2.75) is 109 Å². The van der Waals surface area contributed by atoms with Crippen LogP contribution >= 0.6 is 22.6 Å². The lowest BCUT2D eigenvalue weighted by Gasteiger charge is -2.32. The number of terminal acetylenes is 1. The number of Topliss-reactive ketones (excluding diaryl/α,β-unsaturated/α-hetero) is 1. The van der Waals surface area contributed by atoms with E-state index >= 15 is 0 Å². The lowest BCUT2D eigenvalue weighted by atomic mass is 9.90. The maximum absolute atomic E-state index is 14.3. The molecular formula is C45H62IN5O8. The molecule has 0 bridgehead atoms. The third-order valence-corrected chi connectivity index (χ3v) is 11.3. The molecular weight excluding hydrogens is 865 g/mol. The quantitative estimate of drug-likeness (QED) is 0.0527. The zero-order chi connectivity index (χ0) is 43.4. The van der Waals surface area contributed by atoms with Gasteiger partial charge >= 0.3 is 5.97 Å². The van der Waals surface area contributed by atoms with Gasteiger partial charge in [-0.05, 0) is 55.6 Å². The molecule has 4 N–H and O–H groups in total. The predicted octanol–water partition coefficient (Wildman–Crippen LogP) is 3.94. The van der Waals surface area contributed by atoms with Crippen molar-refractivity contribution in [3.05, 3.63) is 71.8 Å². The van der Waals surface area contributed by atoms with Crippen molar-refractivity contribution in [2.24, 2.45) is 11.8 Å². The molecule has 1 saturated heterocycles. The highest BCUT2D eigenvalue weighted by molar-refractivity contribution is 14.1. The normalized spacial score (nSPS) is 16.1. The van der Waals surface area contributed by atoms with Crippen molar-refractivity contribution in [3.63, 3.8) is 0 Å². The molecule has 1 aliphatic rings. The highest BCUT2D eigenvalue weighted by Gasteiger charge is 2.42. The largest absolute Gasteiger partial charge is 0.450 e. The number of nitrogens with one attached hydrogen (secondary N) is 4. The average molecular weight is 928 g/mol. The summed E-state index contributed by atoms with van der Waals surface area (Å²) in [7, 11) is 0. The van der Waals surface area contributed by atoms with Crippen LogP contribution in [0.2, 0.25) is 0 Å². The van der Waals surface area contributed by atoms with Gasteiger partial charge in [-0.15, -0.1) is 12.3 Å². The van der Waals surface area contributed by atoms with E-state index in [1.165, 1.54) is 6.92 Å². The topological polar surface area (TPSA) is 172 Å². The Morgan fingerprint density at radius 1 is 0.780 bits per heavy atom. The molecule has 13 nitrogen and oxygen atoms in total. The Hall–Kier alpha value is -4.33. The van der Waals surface area contributed by atoms with Crippen molar-refractivity contribution in [3.8, 4) is 12.3 Å². The van der Waals surface area contributed by atoms with E-state index < -0.39 is 59.2 Å². The number of aryl methyl sites for hydroxylation is 1. The SMILES string of the molecule is C#CCCC(=O)O[C@](C)(CI)C(=O)C(CC(C)C)NC(=O)[C@H](Cc1ccccc1)NC(=O)[C@H](CC(C)C)NC(=O)[C@H](CCc1ccccc1)NC(=O)CN1CCOCC1. The number of nitrogens with zero attached hydrogens (tertiary/aromatic N) is 1. The number of carbonyl (C=O) groups is 6. The molecule has 4 amide bonds. The number of alkyl halides is 1. The van der Waals surface area contributed by atoms with Crippen LogP contribution in [0.1, 0.15) is 77.8 Å². The van der Waals surface area contributed by atoms with Crippen LogP contribution in [0.4, 0.5) is 0 Å². The van der Waals surface area contributed by atoms with Gasteiger partial charge in [0, 0.05) is 30.4 Å². The van der Waals surface area contributed by atoms with Gasteiger partial charge in [0.1, 0.15) is 18.1 Å². The number of benzene rings is 2. The second-order valence-electron chi connectivity index (χ2n) is 16.1. The molecule has 2 aromatic rings. The van der Waals surface area contributed by atoms with Crippen molar-refractivity contribution in [1.29, 1.82) is 0 Å². The highest BCUT2D eigenvalue weighted by Crippen LogP contribution is 2.22. The van der Waals surface area contributed by atoms with Crippen molar-refractivity contribution in [2.75, 3.05) is 37.3 Å². The fourth-order valence-electron chi connectivity index (χ4n) is 6.70. The van der Waals surface area contributed by atoms with E-state index in [9.17, 15) is 28.8 Å². The number of rotatable bonds is 24. The summed E-state index contributed by atoms with van der Waals surface area (Å²) >= 11 is 1.98. The molecule has 5 atom stereocenters. The second kappa shape index (κ2) is 25.3. The number of halogens is 1. The highest BCUT2D eigenvalue weighted by atomic mass is 127. The van der Waals surface area contributed by atoms with Gasteiger partial charge in [0.15, 0.2) is 11.4 Å². The van der Waals surface area contributed by atoms with Crippen LogP contribution in [0.25, 0.3) is 0 Å². The minimum atomic E-state index is -1.54. The third kappa shape index (κ3) is 17.4. The Kier molecular flexibility index (Phi) is 21.1. The Balaban J connectivity index is 1.87. The van der Waals surface area contributed by atoms with Gasteiger partial charge in [0.2, 0.25) is 23.6 Å². The summed E-state index contributed by atoms with van der Waals surface area (Å²) in [5, 5.41) is 11.6. The standard InChI is InChI=1S/C45H62IN5O8/c1-7-8-19-40(53)59-45(6,30-46)41(54)36(26-31(2)3)48-44(57)38(28-34-17-13-10-14-18-34)50-43(56)37(27-32(4)5)49-42(55)35(21-20-33-15-11-9-12-16-33)47-39(52)29-51-22-24-58-25-23-51/h1,9-18,31-32,35-38H,8,19-30H2,2-6H3,(H,47,52)(H,48,57)(H,49,55)(H,50,56)/t35-,36?,37-,38-,45+/m0/s1. The summed E-state index contributed by atoms with van der Waals surface area (Å²) in [5.41, 5.74) is 0.208. The lowest BCUT2D eigenvalue weighted by molar-refractivity contribution is -0.164. The van der Waals surface area contributed by atoms with Gasteiger partial charge in [-0.25, -0.2) is 0 Å². The van der Waals surface area contributed by atoms with Gasteiger partial charge in [-0.2, -0.15) is 0 Å². The molecule has 59 heavy (non-hydrogen) atoms. The molecule has 1 fully saturated rings. The zero-order valence-corrected chi connectivity index (χ0v) is 37.3. The number of hydrogen-bond acceptors (Lipinski definition) is 9. The number of ether oxygens (including phenoxy) is 2. The molecule has 2 aromatic carbocycles. The monoisotopic (exact) mass is 927 g/mol. The van der Waals surface area contributed by atoms with Gasteiger partial charge in [-0.1, -0.05) is 111 Å². The molecule has 14 heteroatoms. The summed E-state index contributed by atoms with van der Waals surface area (Å²) in [6.45, 7) is 11.5. The molecule has 322 valence electrons. The smallest absolute Gasteiger partial charge is 0.307 e. The summed E-state index contributed by atoms with van der Waals surface area (Å²) in [6.07, 6.45) is 6.82. The molecule has 1 heterocycles. The second-order valence-corrected chi connectivity index (χ2v) is 16.8. The average Bonchev–Trinajstić information content (AvgIpc) is 3.21. The first-order valence-electron chi connectivity index (χ1n) is 20.5. The maximum atomic E-state index is 14.3. The van der Waals surface area contributed by atoms with Crippen LogP contribution in [-0.4, -0.2) is 107 Å². The van der Waals surface area contributed by atoms with Crippen LogP contribution in [-0.2, 0) is 51.1 Å². The summed E-state index contributed by atoms with van der Waals surface area (Å²) in [6, 6.07) is 14.6. The molecule has 0 aromatic heterocycles. The molecule has 3 rings (SSSR count). The third-order valence-electron chi connectivity index (χ3n) is 9.87. The number of ketones is 1. The number of hydrogen-bond donors (Lipinski definition) is 4. The van der Waals surface area contributed by atoms with E-state index in [0.717, 1.165) is 11.1 Å². The van der Waals surface area contributed by atoms with Crippen LogP contribution in [0.5, 0.6) is 0 Å². The number of carbonyl (C=O) groups excluding carboxylic acids is 6. The summed E-state index contributed by atoms with van der Waals surface area (Å²) in [5.74, 6) is -0.780. The van der Waals surface area contributed by atoms with Crippen LogP contribution in [0, 0.1) is 24.2 Å². The Morgan fingerprint density at radius 3 is 1.88 bits per heavy atom. The van der Waals surface area contributed by atoms with E-state index in [-0.39, 0.29) is 60.8 Å². The summed E-state index contributed by atoms with van der Waals surface area (Å²) in [4.78, 5) is 84.6. The van der Waals surface area contributed by atoms with Crippen LogP contribution in [0.15, 0.2) is 60.7 Å². The van der Waals surface area contributed by atoms with Crippen molar-refractivity contribution < 1.29 is 38.2 Å². The number of amides is 4. The van der Waals surface area contributed by atoms with Gasteiger partial charge in [0.05, 0.1) is 32.2 Å². The fourth-order valence-corrected chi connectivity index (χ4v) is 7.23. The number of morpholine rings is 1. The first kappa shape index (κ1) is 49.0. The first-order valence-corrected chi connectivity index (χ1v) is 22.0. The minimum Gasteiger partial charge on any atom is -0.450 e. The molecule has 0 radical (unpaired) electrons. The zero-order valence-electron chi connectivity index (χ0n) is 35.1. The molecule has 1 aliphatic heterocycles. The summed E-state index contributed by atoms with van der Waals surface area (Å²) < 4.78 is 11.2. The molecule has 0 aliphatic carbocycles. The molecule has 0 spiro atoms. The molecule has 1 unspecified atom stereocenters. The van der Waals surface area contributed by atoms with E-state index in [2.05, 4.69) is 27.2 Å². The van der Waals surface area contributed by atoms with Crippen molar-refractivity contribution >= 4 is 58.0 Å². The fraction of sp³-hybridized carbons (Fsp3) is 0.556. The Bertz CT molecular complexity index is 1710. The maximum Gasteiger partial charge on any atom is 0.307 e. The Labute approximate surface area is 363 Å². The van der Waals surface area contributed by atoms with Gasteiger partial charge in [-0.3, -0.25) is 33.7 Å².